The number of rotatable bonds is 6. The van der Waals surface area contributed by atoms with Crippen LogP contribution in [0.2, 0.25) is 0 Å². The molecule has 1 aromatic heterocycles. The van der Waals surface area contributed by atoms with Gasteiger partial charge in [-0.1, -0.05) is 6.92 Å². The maximum atomic E-state index is 5.03. The third kappa shape index (κ3) is 4.35. The lowest BCUT2D eigenvalue weighted by molar-refractivity contribution is 0.198. The molecule has 0 unspecified atom stereocenters. The quantitative estimate of drug-likeness (QED) is 0.798. The van der Waals surface area contributed by atoms with Crippen LogP contribution in [0.1, 0.15) is 26.2 Å². The van der Waals surface area contributed by atoms with E-state index in [1.165, 1.54) is 12.8 Å². The molecule has 0 aromatic carbocycles. The molecule has 106 valence electrons. The number of ether oxygens (including phenoxy) is 1. The van der Waals surface area contributed by atoms with Gasteiger partial charge in [0.05, 0.1) is 0 Å². The largest absolute Gasteiger partial charge is 0.385 e. The van der Waals surface area contributed by atoms with Crippen molar-refractivity contribution in [2.24, 2.45) is 5.92 Å². The van der Waals surface area contributed by atoms with Crippen LogP contribution in [0, 0.1) is 5.92 Å². The Morgan fingerprint density at radius 3 is 2.89 bits per heavy atom. The zero-order valence-corrected chi connectivity index (χ0v) is 11.9. The van der Waals surface area contributed by atoms with Crippen molar-refractivity contribution in [3.63, 3.8) is 0 Å². The van der Waals surface area contributed by atoms with Crippen molar-refractivity contribution >= 4 is 11.6 Å². The molecule has 5 nitrogen and oxygen atoms in total. The first-order valence-corrected chi connectivity index (χ1v) is 7.09. The fourth-order valence-corrected chi connectivity index (χ4v) is 2.29. The number of anilines is 2. The second-order valence-corrected chi connectivity index (χ2v) is 5.20. The van der Waals surface area contributed by atoms with E-state index in [0.29, 0.717) is 0 Å². The highest BCUT2D eigenvalue weighted by molar-refractivity contribution is 5.48. The summed E-state index contributed by atoms with van der Waals surface area (Å²) in [6.07, 6.45) is 5.13. The Hall–Kier alpha value is -1.36. The first-order chi connectivity index (χ1) is 9.29. The first-order valence-electron chi connectivity index (χ1n) is 7.09. The van der Waals surface area contributed by atoms with Crippen molar-refractivity contribution in [1.29, 1.82) is 0 Å². The molecule has 1 N–H and O–H groups in total. The minimum atomic E-state index is 0.773. The number of aromatic nitrogens is 2. The monoisotopic (exact) mass is 264 g/mol. The van der Waals surface area contributed by atoms with Gasteiger partial charge in [0.15, 0.2) is 0 Å². The van der Waals surface area contributed by atoms with Gasteiger partial charge >= 0.3 is 0 Å². The topological polar surface area (TPSA) is 50.3 Å². The Morgan fingerprint density at radius 1 is 1.37 bits per heavy atom. The summed E-state index contributed by atoms with van der Waals surface area (Å²) < 4.78 is 5.03. The van der Waals surface area contributed by atoms with Crippen LogP contribution in [0.3, 0.4) is 0 Å². The van der Waals surface area contributed by atoms with E-state index >= 15 is 0 Å². The molecule has 0 radical (unpaired) electrons. The third-order valence-electron chi connectivity index (χ3n) is 3.59. The SMILES string of the molecule is COCCCNc1cc(N2CCC(C)CC2)ncn1. The second kappa shape index (κ2) is 7.28. The van der Waals surface area contributed by atoms with Crippen LogP contribution in [0.25, 0.3) is 0 Å². The number of piperidine rings is 1. The minimum absolute atomic E-state index is 0.773. The Kier molecular flexibility index (Phi) is 5.39. The average Bonchev–Trinajstić information content (AvgIpc) is 2.45. The fourth-order valence-electron chi connectivity index (χ4n) is 2.29. The van der Waals surface area contributed by atoms with E-state index in [1.807, 2.05) is 6.07 Å². The molecule has 1 aliphatic heterocycles. The lowest BCUT2D eigenvalue weighted by Gasteiger charge is -2.31. The van der Waals surface area contributed by atoms with Gasteiger partial charge in [-0.25, -0.2) is 9.97 Å². The summed E-state index contributed by atoms with van der Waals surface area (Å²) in [4.78, 5) is 11.0. The van der Waals surface area contributed by atoms with Gasteiger partial charge in [0.2, 0.25) is 0 Å². The summed E-state index contributed by atoms with van der Waals surface area (Å²) in [6.45, 7) is 6.17. The highest BCUT2D eigenvalue weighted by Gasteiger charge is 2.17. The Labute approximate surface area is 115 Å². The van der Waals surface area contributed by atoms with Gasteiger partial charge in [-0.2, -0.15) is 0 Å². The molecule has 5 heteroatoms. The van der Waals surface area contributed by atoms with Gasteiger partial charge in [-0.05, 0) is 25.2 Å². The van der Waals surface area contributed by atoms with Crippen molar-refractivity contribution in [3.05, 3.63) is 12.4 Å². The van der Waals surface area contributed by atoms with Gasteiger partial charge in [-0.3, -0.25) is 0 Å². The molecule has 1 fully saturated rings. The van der Waals surface area contributed by atoms with Crippen LogP contribution in [-0.2, 0) is 4.74 Å². The molecular formula is C14H24N4O. The zero-order valence-electron chi connectivity index (χ0n) is 11.9. The average molecular weight is 264 g/mol. The number of nitrogens with zero attached hydrogens (tertiary/aromatic N) is 3. The summed E-state index contributed by atoms with van der Waals surface area (Å²) in [5.74, 6) is 2.78. The Morgan fingerprint density at radius 2 is 2.16 bits per heavy atom. The molecule has 19 heavy (non-hydrogen) atoms. The number of hydrogen-bond acceptors (Lipinski definition) is 5. The van der Waals surface area contributed by atoms with Crippen molar-refractivity contribution in [3.8, 4) is 0 Å². The lowest BCUT2D eigenvalue weighted by atomic mass is 9.99. The fraction of sp³-hybridized carbons (Fsp3) is 0.714. The van der Waals surface area contributed by atoms with Crippen LogP contribution in [-0.4, -0.2) is 43.3 Å². The Balaban J connectivity index is 1.87. The van der Waals surface area contributed by atoms with E-state index in [2.05, 4.69) is 27.1 Å². The Bertz CT molecular complexity index is 377. The summed E-state index contributed by atoms with van der Waals surface area (Å²) in [6, 6.07) is 2.04. The van der Waals surface area contributed by atoms with Gasteiger partial charge in [0, 0.05) is 39.4 Å². The molecule has 2 rings (SSSR count). The molecule has 0 amide bonds. The highest BCUT2D eigenvalue weighted by atomic mass is 16.5. The molecule has 0 saturated carbocycles. The molecule has 0 spiro atoms. The molecule has 1 aliphatic rings. The summed E-state index contributed by atoms with van der Waals surface area (Å²) >= 11 is 0. The van der Waals surface area contributed by atoms with Gasteiger partial charge in [0.1, 0.15) is 18.0 Å². The highest BCUT2D eigenvalue weighted by Crippen LogP contribution is 2.22. The maximum absolute atomic E-state index is 5.03. The zero-order chi connectivity index (χ0) is 13.5. The van der Waals surface area contributed by atoms with E-state index in [0.717, 1.165) is 50.2 Å². The molecule has 1 aromatic rings. The molecular weight excluding hydrogens is 240 g/mol. The molecule has 0 aliphatic carbocycles. The molecule has 2 heterocycles. The smallest absolute Gasteiger partial charge is 0.134 e. The molecule has 1 saturated heterocycles. The summed E-state index contributed by atoms with van der Waals surface area (Å²) in [7, 11) is 1.72. The van der Waals surface area contributed by atoms with Crippen LogP contribution < -0.4 is 10.2 Å². The van der Waals surface area contributed by atoms with Crippen molar-refractivity contribution in [1.82, 2.24) is 9.97 Å². The standard InChI is InChI=1S/C14H24N4O/c1-12-4-7-18(8-5-12)14-10-13(16-11-17-14)15-6-3-9-19-2/h10-12H,3-9H2,1-2H3,(H,15,16,17). The van der Waals surface area contributed by atoms with E-state index in [1.54, 1.807) is 13.4 Å². The normalized spacial score (nSPS) is 16.6. The molecule has 0 bridgehead atoms. The van der Waals surface area contributed by atoms with E-state index in [4.69, 9.17) is 4.74 Å². The van der Waals surface area contributed by atoms with Crippen LogP contribution in [0.15, 0.2) is 12.4 Å². The van der Waals surface area contributed by atoms with Crippen LogP contribution >= 0.6 is 0 Å². The van der Waals surface area contributed by atoms with Crippen LogP contribution in [0.4, 0.5) is 11.6 Å². The number of hydrogen-bond donors (Lipinski definition) is 1. The first kappa shape index (κ1) is 14.1. The van der Waals surface area contributed by atoms with Gasteiger partial charge < -0.3 is 15.0 Å². The van der Waals surface area contributed by atoms with E-state index in [-0.39, 0.29) is 0 Å². The lowest BCUT2D eigenvalue weighted by Crippen LogP contribution is -2.33. The second-order valence-electron chi connectivity index (χ2n) is 5.20. The van der Waals surface area contributed by atoms with Crippen molar-refractivity contribution in [2.75, 3.05) is 43.6 Å². The van der Waals surface area contributed by atoms with Gasteiger partial charge in [0.25, 0.3) is 0 Å². The third-order valence-corrected chi connectivity index (χ3v) is 3.59. The van der Waals surface area contributed by atoms with Gasteiger partial charge in [-0.15, -0.1) is 0 Å². The summed E-state index contributed by atoms with van der Waals surface area (Å²) in [5.41, 5.74) is 0. The van der Waals surface area contributed by atoms with E-state index in [9.17, 15) is 0 Å². The predicted octanol–water partition coefficient (Wildman–Crippen LogP) is 2.16. The van der Waals surface area contributed by atoms with Crippen molar-refractivity contribution < 1.29 is 4.74 Å². The van der Waals surface area contributed by atoms with Crippen LogP contribution in [0.5, 0.6) is 0 Å². The molecule has 0 atom stereocenters. The number of nitrogens with one attached hydrogen (secondary N) is 1. The van der Waals surface area contributed by atoms with Crippen molar-refractivity contribution in [2.45, 2.75) is 26.2 Å². The minimum Gasteiger partial charge on any atom is -0.385 e. The predicted molar refractivity (Wildman–Crippen MR) is 77.6 cm³/mol. The maximum Gasteiger partial charge on any atom is 0.134 e. The number of methoxy groups -OCH3 is 1. The van der Waals surface area contributed by atoms with E-state index < -0.39 is 0 Å². The summed E-state index contributed by atoms with van der Waals surface area (Å²) in [5, 5.41) is 3.31.